The smallest absolute Gasteiger partial charge is 0.197 e. The lowest BCUT2D eigenvalue weighted by molar-refractivity contribution is 0.103. The summed E-state index contributed by atoms with van der Waals surface area (Å²) < 4.78 is 19.4. The molecular weight excluding hydrogens is 311 g/mol. The monoisotopic (exact) mass is 322 g/mol. The van der Waals surface area contributed by atoms with Crippen molar-refractivity contribution in [3.05, 3.63) is 63.4 Å². The van der Waals surface area contributed by atoms with Crippen LogP contribution in [0.1, 0.15) is 21.5 Å². The van der Waals surface area contributed by atoms with E-state index in [-0.39, 0.29) is 11.3 Å². The van der Waals surface area contributed by atoms with Gasteiger partial charge in [0.1, 0.15) is 11.6 Å². The molecule has 0 saturated carbocycles. The van der Waals surface area contributed by atoms with E-state index in [1.54, 1.807) is 30.3 Å². The van der Waals surface area contributed by atoms with Gasteiger partial charge in [-0.25, -0.2) is 4.39 Å². The lowest BCUT2D eigenvalue weighted by atomic mass is 10.0. The number of hydrogen-bond donors (Lipinski definition) is 0. The van der Waals surface area contributed by atoms with E-state index < -0.39 is 5.82 Å². The molecule has 2 aromatic carbocycles. The molecule has 0 radical (unpaired) electrons. The van der Waals surface area contributed by atoms with Crippen LogP contribution in [-0.4, -0.2) is 12.9 Å². The maximum Gasteiger partial charge on any atom is 0.197 e. The van der Waals surface area contributed by atoms with Gasteiger partial charge in [0.05, 0.1) is 12.7 Å². The molecule has 2 nitrogen and oxygen atoms in total. The third kappa shape index (κ3) is 2.84. The quantitative estimate of drug-likeness (QED) is 0.794. The first-order valence-electron chi connectivity index (χ1n) is 5.67. The van der Waals surface area contributed by atoms with E-state index in [9.17, 15) is 9.18 Å². The highest BCUT2D eigenvalue weighted by atomic mass is 79.9. The summed E-state index contributed by atoms with van der Waals surface area (Å²) in [7, 11) is 1.52. The van der Waals surface area contributed by atoms with Gasteiger partial charge >= 0.3 is 0 Å². The maximum absolute atomic E-state index is 13.8. The number of halogens is 2. The van der Waals surface area contributed by atoms with Crippen LogP contribution < -0.4 is 4.74 Å². The van der Waals surface area contributed by atoms with Crippen molar-refractivity contribution in [3.63, 3.8) is 0 Å². The molecule has 0 atom stereocenters. The van der Waals surface area contributed by atoms with Crippen molar-refractivity contribution < 1.29 is 13.9 Å². The average Bonchev–Trinajstić information content (AvgIpc) is 2.41. The summed E-state index contributed by atoms with van der Waals surface area (Å²) >= 11 is 3.30. The van der Waals surface area contributed by atoms with E-state index >= 15 is 0 Å². The molecule has 0 aromatic heterocycles. The van der Waals surface area contributed by atoms with Crippen molar-refractivity contribution in [2.24, 2.45) is 0 Å². The van der Waals surface area contributed by atoms with E-state index in [0.29, 0.717) is 15.8 Å². The molecule has 2 aromatic rings. The Balaban J connectivity index is 2.52. The number of aryl methyl sites for hydroxylation is 1. The van der Waals surface area contributed by atoms with Crippen molar-refractivity contribution in [2.75, 3.05) is 7.11 Å². The summed E-state index contributed by atoms with van der Waals surface area (Å²) in [5.74, 6) is -0.336. The number of benzene rings is 2. The molecule has 2 rings (SSSR count). The first-order chi connectivity index (χ1) is 9.02. The Kier molecular flexibility index (Phi) is 4.00. The number of carbonyl (C=O) groups is 1. The van der Waals surface area contributed by atoms with Gasteiger partial charge in [0.2, 0.25) is 0 Å². The van der Waals surface area contributed by atoms with Crippen molar-refractivity contribution in [1.82, 2.24) is 0 Å². The van der Waals surface area contributed by atoms with Gasteiger partial charge < -0.3 is 4.74 Å². The van der Waals surface area contributed by atoms with Crippen molar-refractivity contribution in [1.29, 1.82) is 0 Å². The third-order valence-corrected chi connectivity index (χ3v) is 3.48. The number of carbonyl (C=O) groups excluding carboxylic acids is 1. The lowest BCUT2D eigenvalue weighted by Crippen LogP contribution is -2.06. The van der Waals surface area contributed by atoms with Gasteiger partial charge in [-0.15, -0.1) is 0 Å². The maximum atomic E-state index is 13.8. The normalized spacial score (nSPS) is 10.3. The molecule has 0 fully saturated rings. The van der Waals surface area contributed by atoms with Gasteiger partial charge in [-0.2, -0.15) is 0 Å². The third-order valence-electron chi connectivity index (χ3n) is 2.78. The number of methoxy groups -OCH3 is 1. The fraction of sp³-hybridized carbons (Fsp3) is 0.133. The zero-order valence-corrected chi connectivity index (χ0v) is 12.1. The van der Waals surface area contributed by atoms with Crippen LogP contribution in [0.15, 0.2) is 40.9 Å². The molecule has 0 bridgehead atoms. The van der Waals surface area contributed by atoms with Crippen molar-refractivity contribution in [3.8, 4) is 5.75 Å². The van der Waals surface area contributed by atoms with Crippen molar-refractivity contribution >= 4 is 21.7 Å². The van der Waals surface area contributed by atoms with E-state index in [4.69, 9.17) is 4.74 Å². The Hall–Kier alpha value is -1.68. The molecular formula is C15H12BrFO2. The molecule has 0 saturated heterocycles. The first-order valence-corrected chi connectivity index (χ1v) is 6.46. The standard InChI is InChI=1S/C15H12BrFO2/c1-9-3-6-14(17)12(7-9)15(18)11-8-10(19-2)4-5-13(11)16/h3-8H,1-2H3. The molecule has 98 valence electrons. The van der Waals surface area contributed by atoms with E-state index in [1.165, 1.54) is 13.2 Å². The molecule has 0 aliphatic heterocycles. The molecule has 19 heavy (non-hydrogen) atoms. The summed E-state index contributed by atoms with van der Waals surface area (Å²) in [6.45, 7) is 1.82. The van der Waals surface area contributed by atoms with Gasteiger partial charge in [-0.3, -0.25) is 4.79 Å². The lowest BCUT2D eigenvalue weighted by Gasteiger charge is -2.08. The highest BCUT2D eigenvalue weighted by Crippen LogP contribution is 2.26. The van der Waals surface area contributed by atoms with Crippen LogP contribution in [0, 0.1) is 12.7 Å². The molecule has 0 heterocycles. The molecule has 4 heteroatoms. The van der Waals surface area contributed by atoms with Crippen LogP contribution in [0.5, 0.6) is 5.75 Å². The Morgan fingerprint density at radius 2 is 1.89 bits per heavy atom. The van der Waals surface area contributed by atoms with Crippen LogP contribution in [0.4, 0.5) is 4.39 Å². The van der Waals surface area contributed by atoms with Crippen LogP contribution in [-0.2, 0) is 0 Å². The second-order valence-electron chi connectivity index (χ2n) is 4.16. The predicted octanol–water partition coefficient (Wildman–Crippen LogP) is 4.14. The van der Waals surface area contributed by atoms with E-state index in [0.717, 1.165) is 5.56 Å². The molecule has 0 aliphatic carbocycles. The molecule has 0 spiro atoms. The topological polar surface area (TPSA) is 26.3 Å². The minimum Gasteiger partial charge on any atom is -0.497 e. The fourth-order valence-electron chi connectivity index (χ4n) is 1.76. The highest BCUT2D eigenvalue weighted by molar-refractivity contribution is 9.10. The van der Waals surface area contributed by atoms with Crippen molar-refractivity contribution in [2.45, 2.75) is 6.92 Å². The number of ether oxygens (including phenoxy) is 1. The highest BCUT2D eigenvalue weighted by Gasteiger charge is 2.17. The number of ketones is 1. The molecule has 0 unspecified atom stereocenters. The molecule has 0 N–H and O–H groups in total. The minimum absolute atomic E-state index is 0.0638. The SMILES string of the molecule is COc1ccc(Br)c(C(=O)c2cc(C)ccc2F)c1. The Labute approximate surface area is 119 Å². The Morgan fingerprint density at radius 3 is 2.58 bits per heavy atom. The summed E-state index contributed by atoms with van der Waals surface area (Å²) in [6, 6.07) is 9.51. The zero-order valence-electron chi connectivity index (χ0n) is 10.5. The Bertz CT molecular complexity index is 638. The number of hydrogen-bond acceptors (Lipinski definition) is 2. The van der Waals surface area contributed by atoms with Gasteiger partial charge in [0, 0.05) is 10.0 Å². The zero-order chi connectivity index (χ0) is 14.0. The van der Waals surface area contributed by atoms with E-state index in [1.807, 2.05) is 6.92 Å². The van der Waals surface area contributed by atoms with Crippen LogP contribution >= 0.6 is 15.9 Å². The largest absolute Gasteiger partial charge is 0.497 e. The second-order valence-corrected chi connectivity index (χ2v) is 5.01. The summed E-state index contributed by atoms with van der Waals surface area (Å²) in [5, 5.41) is 0. The summed E-state index contributed by atoms with van der Waals surface area (Å²) in [5.41, 5.74) is 1.28. The van der Waals surface area contributed by atoms with Crippen LogP contribution in [0.2, 0.25) is 0 Å². The first kappa shape index (κ1) is 13.7. The fourth-order valence-corrected chi connectivity index (χ4v) is 2.19. The Morgan fingerprint density at radius 1 is 1.16 bits per heavy atom. The molecule has 0 amide bonds. The van der Waals surface area contributed by atoms with E-state index in [2.05, 4.69) is 15.9 Å². The van der Waals surface area contributed by atoms with Gasteiger partial charge in [-0.1, -0.05) is 27.6 Å². The second kappa shape index (κ2) is 5.53. The summed E-state index contributed by atoms with van der Waals surface area (Å²) in [4.78, 5) is 12.4. The van der Waals surface area contributed by atoms with Gasteiger partial charge in [0.15, 0.2) is 5.78 Å². The van der Waals surface area contributed by atoms with Crippen LogP contribution in [0.25, 0.3) is 0 Å². The average molecular weight is 323 g/mol. The van der Waals surface area contributed by atoms with Gasteiger partial charge in [-0.05, 0) is 37.3 Å². The van der Waals surface area contributed by atoms with Gasteiger partial charge in [0.25, 0.3) is 0 Å². The number of rotatable bonds is 3. The minimum atomic E-state index is -0.523. The molecule has 0 aliphatic rings. The summed E-state index contributed by atoms with van der Waals surface area (Å²) in [6.07, 6.45) is 0. The predicted molar refractivity (Wildman–Crippen MR) is 75.3 cm³/mol. The van der Waals surface area contributed by atoms with Crippen LogP contribution in [0.3, 0.4) is 0 Å².